The van der Waals surface area contributed by atoms with Gasteiger partial charge in [-0.25, -0.2) is 5.90 Å². The molecule has 0 amide bonds. The lowest BCUT2D eigenvalue weighted by Crippen LogP contribution is -2.08. The highest BCUT2D eigenvalue weighted by atomic mass is 16.6. The molecule has 1 atom stereocenters. The van der Waals surface area contributed by atoms with Gasteiger partial charge in [0.15, 0.2) is 0 Å². The Balaban J connectivity index is 2.46. The van der Waals surface area contributed by atoms with Crippen molar-refractivity contribution in [2.75, 3.05) is 0 Å². The molecule has 0 spiro atoms. The van der Waals surface area contributed by atoms with Crippen molar-refractivity contribution in [3.8, 4) is 0 Å². The first-order chi connectivity index (χ1) is 5.86. The van der Waals surface area contributed by atoms with Crippen molar-refractivity contribution in [1.82, 2.24) is 4.57 Å². The summed E-state index contributed by atoms with van der Waals surface area (Å²) < 4.78 is 1.98. The Hall–Kier alpha value is -1.32. The largest absolute Gasteiger partial charge is 0.324 e. The molecule has 2 heterocycles. The molecule has 3 heteroatoms. The SMILES string of the molecule is C=CC1=Cn2cccc2C1ON. The van der Waals surface area contributed by atoms with E-state index in [0.29, 0.717) is 0 Å². The molecule has 3 nitrogen and oxygen atoms in total. The van der Waals surface area contributed by atoms with Gasteiger partial charge in [0.1, 0.15) is 6.10 Å². The third-order valence-corrected chi connectivity index (χ3v) is 2.04. The summed E-state index contributed by atoms with van der Waals surface area (Å²) in [6.45, 7) is 3.69. The summed E-state index contributed by atoms with van der Waals surface area (Å²) in [7, 11) is 0. The molecule has 0 aliphatic carbocycles. The summed E-state index contributed by atoms with van der Waals surface area (Å²) in [6.07, 6.45) is 5.51. The average Bonchev–Trinajstić information content (AvgIpc) is 2.61. The highest BCUT2D eigenvalue weighted by Crippen LogP contribution is 2.32. The molecule has 2 N–H and O–H groups in total. The molecule has 1 aromatic rings. The summed E-state index contributed by atoms with van der Waals surface area (Å²) in [6, 6.07) is 3.93. The van der Waals surface area contributed by atoms with Crippen molar-refractivity contribution in [3.05, 3.63) is 42.3 Å². The van der Waals surface area contributed by atoms with Crippen molar-refractivity contribution in [1.29, 1.82) is 0 Å². The van der Waals surface area contributed by atoms with Gasteiger partial charge in [-0.1, -0.05) is 12.7 Å². The molecule has 1 aliphatic heterocycles. The molecule has 2 rings (SSSR count). The van der Waals surface area contributed by atoms with E-state index in [1.807, 2.05) is 29.1 Å². The van der Waals surface area contributed by atoms with Gasteiger partial charge in [-0.2, -0.15) is 0 Å². The van der Waals surface area contributed by atoms with Crippen LogP contribution in [0, 0.1) is 0 Å². The second-order valence-corrected chi connectivity index (χ2v) is 2.69. The minimum atomic E-state index is -0.155. The second-order valence-electron chi connectivity index (χ2n) is 2.69. The smallest absolute Gasteiger partial charge is 0.145 e. The summed E-state index contributed by atoms with van der Waals surface area (Å²) in [5, 5.41) is 0. The predicted octanol–water partition coefficient (Wildman–Crippen LogP) is 1.46. The number of rotatable bonds is 2. The summed E-state index contributed by atoms with van der Waals surface area (Å²) >= 11 is 0. The first-order valence-electron chi connectivity index (χ1n) is 3.73. The van der Waals surface area contributed by atoms with E-state index in [1.54, 1.807) is 6.08 Å². The fourth-order valence-corrected chi connectivity index (χ4v) is 1.45. The molecule has 0 aromatic carbocycles. The quantitative estimate of drug-likeness (QED) is 0.669. The Morgan fingerprint density at radius 2 is 2.50 bits per heavy atom. The van der Waals surface area contributed by atoms with Crippen LogP contribution in [0.25, 0.3) is 6.20 Å². The summed E-state index contributed by atoms with van der Waals surface area (Å²) in [5.74, 6) is 5.17. The van der Waals surface area contributed by atoms with Crippen LogP contribution < -0.4 is 5.90 Å². The van der Waals surface area contributed by atoms with Crippen molar-refractivity contribution in [2.45, 2.75) is 6.10 Å². The van der Waals surface area contributed by atoms with Crippen LogP contribution in [0.4, 0.5) is 0 Å². The maximum atomic E-state index is 5.17. The minimum absolute atomic E-state index is 0.155. The van der Waals surface area contributed by atoms with Gasteiger partial charge in [0.05, 0.1) is 5.69 Å². The van der Waals surface area contributed by atoms with E-state index in [0.717, 1.165) is 11.3 Å². The van der Waals surface area contributed by atoms with Crippen LogP contribution in [0.2, 0.25) is 0 Å². The fourth-order valence-electron chi connectivity index (χ4n) is 1.45. The molecule has 1 aromatic heterocycles. The lowest BCUT2D eigenvalue weighted by molar-refractivity contribution is 0.0812. The molecule has 0 radical (unpaired) electrons. The molecule has 0 saturated carbocycles. The van der Waals surface area contributed by atoms with Crippen molar-refractivity contribution in [3.63, 3.8) is 0 Å². The molecule has 0 saturated heterocycles. The zero-order chi connectivity index (χ0) is 8.55. The normalized spacial score (nSPS) is 20.4. The number of hydrogen-bond acceptors (Lipinski definition) is 2. The molecule has 0 bridgehead atoms. The van der Waals surface area contributed by atoms with Gasteiger partial charge in [-0.15, -0.1) is 0 Å². The Bertz CT molecular complexity index is 338. The summed E-state index contributed by atoms with van der Waals surface area (Å²) in [4.78, 5) is 4.84. The fraction of sp³-hybridized carbons (Fsp3) is 0.111. The maximum Gasteiger partial charge on any atom is 0.145 e. The van der Waals surface area contributed by atoms with Crippen molar-refractivity contribution in [2.24, 2.45) is 5.90 Å². The zero-order valence-corrected chi connectivity index (χ0v) is 6.60. The third kappa shape index (κ3) is 0.841. The lowest BCUT2D eigenvalue weighted by Gasteiger charge is -2.07. The zero-order valence-electron chi connectivity index (χ0n) is 6.60. The molecular formula is C9H10N2O. The van der Waals surface area contributed by atoms with Crippen LogP contribution in [0.5, 0.6) is 0 Å². The first-order valence-corrected chi connectivity index (χ1v) is 3.73. The van der Waals surface area contributed by atoms with Gasteiger partial charge >= 0.3 is 0 Å². The number of hydrogen-bond donors (Lipinski definition) is 1. The van der Waals surface area contributed by atoms with E-state index < -0.39 is 0 Å². The number of nitrogens with zero attached hydrogens (tertiary/aromatic N) is 1. The Morgan fingerprint density at radius 3 is 3.17 bits per heavy atom. The van der Waals surface area contributed by atoms with Gasteiger partial charge in [0.25, 0.3) is 0 Å². The van der Waals surface area contributed by atoms with Gasteiger partial charge in [-0.05, 0) is 12.1 Å². The van der Waals surface area contributed by atoms with Crippen molar-refractivity contribution >= 4 is 6.20 Å². The van der Waals surface area contributed by atoms with E-state index in [-0.39, 0.29) is 6.10 Å². The number of aromatic nitrogens is 1. The molecular weight excluding hydrogens is 152 g/mol. The van der Waals surface area contributed by atoms with E-state index in [4.69, 9.17) is 10.7 Å². The van der Waals surface area contributed by atoms with Gasteiger partial charge in [0, 0.05) is 18.0 Å². The molecule has 62 valence electrons. The monoisotopic (exact) mass is 162 g/mol. The average molecular weight is 162 g/mol. The van der Waals surface area contributed by atoms with Crippen LogP contribution in [-0.2, 0) is 4.84 Å². The molecule has 1 aliphatic rings. The standard InChI is InChI=1S/C9H10N2O/c1-2-7-6-11-5-3-4-8(11)9(7)12-10/h2-6,9H,1,10H2. The highest BCUT2D eigenvalue weighted by Gasteiger charge is 2.23. The van der Waals surface area contributed by atoms with E-state index in [9.17, 15) is 0 Å². The van der Waals surface area contributed by atoms with E-state index in [2.05, 4.69) is 6.58 Å². The molecule has 1 unspecified atom stereocenters. The Morgan fingerprint density at radius 1 is 1.67 bits per heavy atom. The van der Waals surface area contributed by atoms with Crippen molar-refractivity contribution < 1.29 is 4.84 Å². The highest BCUT2D eigenvalue weighted by molar-refractivity contribution is 5.50. The Kier molecular flexibility index (Phi) is 1.60. The van der Waals surface area contributed by atoms with Crippen LogP contribution in [0.1, 0.15) is 11.8 Å². The second kappa shape index (κ2) is 2.62. The van der Waals surface area contributed by atoms with Crippen LogP contribution >= 0.6 is 0 Å². The van der Waals surface area contributed by atoms with E-state index >= 15 is 0 Å². The van der Waals surface area contributed by atoms with Crippen LogP contribution in [0.3, 0.4) is 0 Å². The maximum absolute atomic E-state index is 5.17. The molecule has 12 heavy (non-hydrogen) atoms. The predicted molar refractivity (Wildman–Crippen MR) is 46.9 cm³/mol. The van der Waals surface area contributed by atoms with Gasteiger partial charge < -0.3 is 4.57 Å². The van der Waals surface area contributed by atoms with E-state index in [1.165, 1.54) is 0 Å². The molecule has 0 fully saturated rings. The minimum Gasteiger partial charge on any atom is -0.324 e. The van der Waals surface area contributed by atoms with Crippen LogP contribution in [0.15, 0.2) is 36.6 Å². The number of fused-ring (bicyclic) bond motifs is 1. The van der Waals surface area contributed by atoms with Gasteiger partial charge in [-0.3, -0.25) is 4.84 Å². The topological polar surface area (TPSA) is 40.2 Å². The lowest BCUT2D eigenvalue weighted by atomic mass is 10.1. The van der Waals surface area contributed by atoms with Crippen LogP contribution in [-0.4, -0.2) is 4.57 Å². The number of nitrogens with two attached hydrogens (primary N) is 1. The third-order valence-electron chi connectivity index (χ3n) is 2.04. The summed E-state index contributed by atoms with van der Waals surface area (Å²) in [5.41, 5.74) is 2.04. The van der Waals surface area contributed by atoms with Gasteiger partial charge in [0.2, 0.25) is 0 Å². The first kappa shape index (κ1) is 7.34. The Labute approximate surface area is 70.7 Å².